The van der Waals surface area contributed by atoms with Crippen LogP contribution in [-0.4, -0.2) is 21.2 Å². The highest BCUT2D eigenvalue weighted by molar-refractivity contribution is 7.80. The number of nitrogens with one attached hydrogen (secondary N) is 1. The molecule has 1 saturated carbocycles. The Labute approximate surface area is 87.9 Å². The quantitative estimate of drug-likeness (QED) is 0.723. The molecule has 1 aromatic rings. The molecule has 0 radical (unpaired) electrons. The topological polar surface area (TPSA) is 63.8 Å². The number of anilines is 1. The molecular formula is C9H12N4S. The van der Waals surface area contributed by atoms with Crippen molar-refractivity contribution in [2.75, 3.05) is 5.32 Å². The maximum atomic E-state index is 5.57. The standard InChI is InChI=1S/C9H12N4S/c1-5-4-7(5)12-9-6(8(10)14)2-3-11-13-9/h2-3,5,7H,4H2,1H3,(H2,10,14)(H,12,13). The van der Waals surface area contributed by atoms with Crippen LogP contribution in [0.5, 0.6) is 0 Å². The van der Waals surface area contributed by atoms with Crippen LogP contribution in [-0.2, 0) is 0 Å². The fourth-order valence-electron chi connectivity index (χ4n) is 1.34. The molecule has 0 amide bonds. The maximum Gasteiger partial charge on any atom is 0.159 e. The molecule has 2 atom stereocenters. The smallest absolute Gasteiger partial charge is 0.159 e. The van der Waals surface area contributed by atoms with E-state index in [2.05, 4.69) is 22.4 Å². The highest BCUT2D eigenvalue weighted by Crippen LogP contribution is 2.32. The summed E-state index contributed by atoms with van der Waals surface area (Å²) in [5.74, 6) is 1.41. The van der Waals surface area contributed by atoms with Gasteiger partial charge < -0.3 is 11.1 Å². The van der Waals surface area contributed by atoms with Gasteiger partial charge in [0.05, 0.1) is 11.8 Å². The van der Waals surface area contributed by atoms with Gasteiger partial charge in [-0.3, -0.25) is 0 Å². The lowest BCUT2D eigenvalue weighted by Gasteiger charge is -2.07. The third kappa shape index (κ3) is 1.82. The number of hydrogen-bond acceptors (Lipinski definition) is 4. The van der Waals surface area contributed by atoms with Crippen LogP contribution < -0.4 is 11.1 Å². The van der Waals surface area contributed by atoms with Gasteiger partial charge in [0.15, 0.2) is 5.82 Å². The van der Waals surface area contributed by atoms with Crippen molar-refractivity contribution in [1.82, 2.24) is 10.2 Å². The molecule has 1 heterocycles. The van der Waals surface area contributed by atoms with Gasteiger partial charge in [0.2, 0.25) is 0 Å². The van der Waals surface area contributed by atoms with Crippen molar-refractivity contribution in [1.29, 1.82) is 0 Å². The van der Waals surface area contributed by atoms with E-state index in [1.165, 1.54) is 6.42 Å². The van der Waals surface area contributed by atoms with E-state index < -0.39 is 0 Å². The Hall–Kier alpha value is -1.23. The average molecular weight is 208 g/mol. The van der Waals surface area contributed by atoms with Crippen LogP contribution in [0, 0.1) is 5.92 Å². The third-order valence-corrected chi connectivity index (χ3v) is 2.64. The number of hydrogen-bond donors (Lipinski definition) is 2. The zero-order valence-electron chi connectivity index (χ0n) is 7.90. The number of aromatic nitrogens is 2. The second-order valence-corrected chi connectivity index (χ2v) is 4.06. The molecule has 1 fully saturated rings. The summed E-state index contributed by atoms with van der Waals surface area (Å²) >= 11 is 4.92. The summed E-state index contributed by atoms with van der Waals surface area (Å²) in [4.78, 5) is 0.357. The van der Waals surface area contributed by atoms with E-state index in [9.17, 15) is 0 Å². The van der Waals surface area contributed by atoms with Gasteiger partial charge in [-0.15, -0.1) is 5.10 Å². The molecule has 1 aliphatic carbocycles. The highest BCUT2D eigenvalue weighted by atomic mass is 32.1. The van der Waals surface area contributed by atoms with E-state index in [0.717, 1.165) is 5.56 Å². The predicted molar refractivity (Wildman–Crippen MR) is 59.1 cm³/mol. The second-order valence-electron chi connectivity index (χ2n) is 3.62. The van der Waals surface area contributed by atoms with E-state index in [0.29, 0.717) is 22.8 Å². The molecule has 2 rings (SSSR count). The lowest BCUT2D eigenvalue weighted by atomic mass is 10.3. The molecular weight excluding hydrogens is 196 g/mol. The first-order chi connectivity index (χ1) is 6.68. The average Bonchev–Trinajstić information content (AvgIpc) is 2.82. The fraction of sp³-hybridized carbons (Fsp3) is 0.444. The minimum Gasteiger partial charge on any atom is -0.389 e. The monoisotopic (exact) mass is 208 g/mol. The number of nitrogens with two attached hydrogens (primary N) is 1. The van der Waals surface area contributed by atoms with Crippen molar-refractivity contribution in [2.45, 2.75) is 19.4 Å². The van der Waals surface area contributed by atoms with Gasteiger partial charge in [0.25, 0.3) is 0 Å². The molecule has 5 heteroatoms. The zero-order chi connectivity index (χ0) is 10.1. The van der Waals surface area contributed by atoms with Gasteiger partial charge in [-0.2, -0.15) is 5.10 Å². The predicted octanol–water partition coefficient (Wildman–Crippen LogP) is 0.931. The summed E-state index contributed by atoms with van der Waals surface area (Å²) in [6.07, 6.45) is 2.77. The maximum absolute atomic E-state index is 5.57. The van der Waals surface area contributed by atoms with Crippen LogP contribution in [0.1, 0.15) is 18.9 Å². The van der Waals surface area contributed by atoms with Crippen LogP contribution in [0.25, 0.3) is 0 Å². The Morgan fingerprint density at radius 2 is 2.43 bits per heavy atom. The van der Waals surface area contributed by atoms with E-state index >= 15 is 0 Å². The summed E-state index contributed by atoms with van der Waals surface area (Å²) in [5, 5.41) is 11.1. The van der Waals surface area contributed by atoms with Crippen molar-refractivity contribution < 1.29 is 0 Å². The zero-order valence-corrected chi connectivity index (χ0v) is 8.71. The Balaban J connectivity index is 2.19. The summed E-state index contributed by atoms with van der Waals surface area (Å²) in [6.45, 7) is 2.19. The number of nitrogens with zero attached hydrogens (tertiary/aromatic N) is 2. The Morgan fingerprint density at radius 3 is 3.00 bits per heavy atom. The molecule has 4 nitrogen and oxygen atoms in total. The first-order valence-electron chi connectivity index (χ1n) is 4.56. The molecule has 0 aromatic carbocycles. The molecule has 74 valence electrons. The lowest BCUT2D eigenvalue weighted by Crippen LogP contribution is -2.16. The van der Waals surface area contributed by atoms with Gasteiger partial charge in [0, 0.05) is 6.04 Å². The minimum atomic E-state index is 0.357. The molecule has 3 N–H and O–H groups in total. The first kappa shape index (κ1) is 9.33. The van der Waals surface area contributed by atoms with Gasteiger partial charge >= 0.3 is 0 Å². The minimum absolute atomic E-state index is 0.357. The Morgan fingerprint density at radius 1 is 1.71 bits per heavy atom. The number of rotatable bonds is 3. The SMILES string of the molecule is CC1CC1Nc1nnccc1C(N)=S. The normalized spacial score (nSPS) is 24.4. The number of thiocarbonyl (C=S) groups is 1. The second kappa shape index (κ2) is 3.49. The van der Waals surface area contributed by atoms with Gasteiger partial charge in [-0.1, -0.05) is 19.1 Å². The molecule has 0 saturated heterocycles. The molecule has 0 bridgehead atoms. The summed E-state index contributed by atoms with van der Waals surface area (Å²) in [5.41, 5.74) is 6.34. The van der Waals surface area contributed by atoms with E-state index in [1.807, 2.05) is 0 Å². The Bertz CT molecular complexity index is 366. The molecule has 2 unspecified atom stereocenters. The summed E-state index contributed by atoms with van der Waals surface area (Å²) < 4.78 is 0. The van der Waals surface area contributed by atoms with Crippen LogP contribution in [0.15, 0.2) is 12.3 Å². The molecule has 0 aliphatic heterocycles. The largest absolute Gasteiger partial charge is 0.389 e. The van der Waals surface area contributed by atoms with Crippen LogP contribution in [0.4, 0.5) is 5.82 Å². The molecule has 1 aliphatic rings. The Kier molecular flexibility index (Phi) is 2.33. The van der Waals surface area contributed by atoms with Crippen LogP contribution >= 0.6 is 12.2 Å². The van der Waals surface area contributed by atoms with Crippen LogP contribution in [0.3, 0.4) is 0 Å². The van der Waals surface area contributed by atoms with Crippen molar-refractivity contribution in [3.8, 4) is 0 Å². The van der Waals surface area contributed by atoms with Crippen molar-refractivity contribution in [3.63, 3.8) is 0 Å². The molecule has 14 heavy (non-hydrogen) atoms. The van der Waals surface area contributed by atoms with Crippen molar-refractivity contribution >= 4 is 23.0 Å². The third-order valence-electron chi connectivity index (χ3n) is 2.42. The highest BCUT2D eigenvalue weighted by Gasteiger charge is 2.33. The molecule has 1 aromatic heterocycles. The summed E-state index contributed by atoms with van der Waals surface area (Å²) in [6, 6.07) is 2.28. The van der Waals surface area contributed by atoms with E-state index in [-0.39, 0.29) is 0 Å². The van der Waals surface area contributed by atoms with Gasteiger partial charge in [-0.25, -0.2) is 0 Å². The molecule has 0 spiro atoms. The van der Waals surface area contributed by atoms with Gasteiger partial charge in [-0.05, 0) is 18.4 Å². The van der Waals surface area contributed by atoms with Gasteiger partial charge in [0.1, 0.15) is 4.99 Å². The van der Waals surface area contributed by atoms with Crippen molar-refractivity contribution in [2.24, 2.45) is 11.7 Å². The van der Waals surface area contributed by atoms with Crippen molar-refractivity contribution in [3.05, 3.63) is 17.8 Å². The fourth-order valence-corrected chi connectivity index (χ4v) is 1.50. The first-order valence-corrected chi connectivity index (χ1v) is 4.97. The van der Waals surface area contributed by atoms with Crippen LogP contribution in [0.2, 0.25) is 0 Å². The van der Waals surface area contributed by atoms with E-state index in [1.54, 1.807) is 12.3 Å². The summed E-state index contributed by atoms with van der Waals surface area (Å²) in [7, 11) is 0. The van der Waals surface area contributed by atoms with E-state index in [4.69, 9.17) is 18.0 Å². The lowest BCUT2D eigenvalue weighted by molar-refractivity contribution is 0.910.